The van der Waals surface area contributed by atoms with Gasteiger partial charge in [0.2, 0.25) is 5.91 Å². The number of carbonyl (C=O) groups excluding carboxylic acids is 2. The number of nitrogens with one attached hydrogen (secondary N) is 1. The fourth-order valence-electron chi connectivity index (χ4n) is 2.00. The minimum absolute atomic E-state index is 0.104. The molecule has 7 nitrogen and oxygen atoms in total. The Morgan fingerprint density at radius 3 is 2.71 bits per heavy atom. The summed E-state index contributed by atoms with van der Waals surface area (Å²) < 4.78 is 0. The molecule has 0 saturated carbocycles. The second-order valence-corrected chi connectivity index (χ2v) is 6.00. The van der Waals surface area contributed by atoms with Gasteiger partial charge in [-0.05, 0) is 6.92 Å². The lowest BCUT2D eigenvalue weighted by atomic mass is 9.99. The monoisotopic (exact) mass is 303 g/mol. The van der Waals surface area contributed by atoms with Crippen molar-refractivity contribution in [3.63, 3.8) is 0 Å². The van der Waals surface area contributed by atoms with Crippen LogP contribution >= 0.6 is 11.3 Å². The van der Waals surface area contributed by atoms with Gasteiger partial charge < -0.3 is 10.2 Å². The molecular weight excluding hydrogens is 290 g/mol. The largest absolute Gasteiger partial charge is 0.336 e. The molecule has 2 aromatic rings. The molecule has 1 saturated heterocycles. The highest BCUT2D eigenvalue weighted by Gasteiger charge is 2.36. The Labute approximate surface area is 125 Å². The Bertz CT molecular complexity index is 666. The quantitative estimate of drug-likeness (QED) is 0.912. The van der Waals surface area contributed by atoms with Crippen LogP contribution in [0.2, 0.25) is 0 Å². The van der Waals surface area contributed by atoms with Crippen molar-refractivity contribution in [2.75, 3.05) is 18.4 Å². The van der Waals surface area contributed by atoms with Gasteiger partial charge in [0.15, 0.2) is 5.13 Å². The van der Waals surface area contributed by atoms with E-state index in [2.05, 4.69) is 20.3 Å². The predicted molar refractivity (Wildman–Crippen MR) is 76.9 cm³/mol. The van der Waals surface area contributed by atoms with Crippen LogP contribution in [0.5, 0.6) is 0 Å². The van der Waals surface area contributed by atoms with Crippen LogP contribution in [-0.2, 0) is 4.79 Å². The third-order valence-electron chi connectivity index (χ3n) is 3.17. The Morgan fingerprint density at radius 2 is 2.10 bits per heavy atom. The van der Waals surface area contributed by atoms with Gasteiger partial charge in [0, 0.05) is 36.6 Å². The molecule has 1 fully saturated rings. The molecule has 0 atom stereocenters. The van der Waals surface area contributed by atoms with Crippen LogP contribution in [0.25, 0.3) is 0 Å². The van der Waals surface area contributed by atoms with Gasteiger partial charge in [-0.1, -0.05) is 0 Å². The van der Waals surface area contributed by atoms with Gasteiger partial charge in [0.25, 0.3) is 5.91 Å². The Hall–Kier alpha value is -2.35. The van der Waals surface area contributed by atoms with E-state index in [-0.39, 0.29) is 17.7 Å². The topological polar surface area (TPSA) is 88.1 Å². The molecule has 21 heavy (non-hydrogen) atoms. The van der Waals surface area contributed by atoms with Gasteiger partial charge in [-0.25, -0.2) is 9.97 Å². The number of nitrogens with zero attached hydrogens (tertiary/aromatic N) is 4. The third-order valence-corrected chi connectivity index (χ3v) is 4.00. The van der Waals surface area contributed by atoms with Gasteiger partial charge in [-0.15, -0.1) is 11.3 Å². The summed E-state index contributed by atoms with van der Waals surface area (Å²) in [5.74, 6) is -0.500. The number of thiazole rings is 1. The maximum Gasteiger partial charge on any atom is 0.274 e. The van der Waals surface area contributed by atoms with E-state index in [4.69, 9.17) is 0 Å². The van der Waals surface area contributed by atoms with Crippen LogP contribution in [0.4, 0.5) is 5.13 Å². The van der Waals surface area contributed by atoms with Crippen molar-refractivity contribution in [1.29, 1.82) is 0 Å². The molecule has 3 rings (SSSR count). The molecule has 0 aromatic carbocycles. The van der Waals surface area contributed by atoms with Crippen molar-refractivity contribution in [2.45, 2.75) is 6.92 Å². The molecule has 8 heteroatoms. The van der Waals surface area contributed by atoms with E-state index in [1.165, 1.54) is 29.9 Å². The highest BCUT2D eigenvalue weighted by molar-refractivity contribution is 7.15. The Morgan fingerprint density at radius 1 is 1.29 bits per heavy atom. The van der Waals surface area contributed by atoms with Crippen LogP contribution in [0, 0.1) is 12.8 Å². The van der Waals surface area contributed by atoms with E-state index in [1.807, 2.05) is 6.92 Å². The highest BCUT2D eigenvalue weighted by Crippen LogP contribution is 2.22. The lowest BCUT2D eigenvalue weighted by Crippen LogP contribution is -2.54. The minimum atomic E-state index is -0.199. The second kappa shape index (κ2) is 5.57. The summed E-state index contributed by atoms with van der Waals surface area (Å²) in [6.07, 6.45) is 6.13. The number of carbonyl (C=O) groups is 2. The van der Waals surface area contributed by atoms with E-state index in [1.54, 1.807) is 11.1 Å². The van der Waals surface area contributed by atoms with Crippen molar-refractivity contribution in [1.82, 2.24) is 19.9 Å². The first-order valence-electron chi connectivity index (χ1n) is 6.42. The first-order chi connectivity index (χ1) is 10.1. The normalized spacial score (nSPS) is 14.6. The van der Waals surface area contributed by atoms with Crippen molar-refractivity contribution in [2.24, 2.45) is 5.92 Å². The Kier molecular flexibility index (Phi) is 3.61. The van der Waals surface area contributed by atoms with Crippen molar-refractivity contribution in [3.8, 4) is 0 Å². The molecule has 1 N–H and O–H groups in total. The second-order valence-electron chi connectivity index (χ2n) is 4.76. The molecule has 0 bridgehead atoms. The summed E-state index contributed by atoms with van der Waals surface area (Å²) in [4.78, 5) is 38.6. The minimum Gasteiger partial charge on any atom is -0.336 e. The summed E-state index contributed by atoms with van der Waals surface area (Å²) in [6, 6.07) is 0. The number of aryl methyl sites for hydroxylation is 1. The predicted octanol–water partition coefficient (Wildman–Crippen LogP) is 0.952. The van der Waals surface area contributed by atoms with Crippen molar-refractivity contribution in [3.05, 3.63) is 35.4 Å². The van der Waals surface area contributed by atoms with Gasteiger partial charge in [-0.3, -0.25) is 14.6 Å². The lowest BCUT2D eigenvalue weighted by molar-refractivity contribution is -0.123. The summed E-state index contributed by atoms with van der Waals surface area (Å²) >= 11 is 1.43. The number of rotatable bonds is 3. The van der Waals surface area contributed by atoms with E-state index in [0.29, 0.717) is 23.9 Å². The summed E-state index contributed by atoms with van der Waals surface area (Å²) in [7, 11) is 0. The first kappa shape index (κ1) is 13.6. The molecule has 1 aliphatic rings. The van der Waals surface area contributed by atoms with Crippen LogP contribution < -0.4 is 5.32 Å². The number of aromatic nitrogens is 3. The van der Waals surface area contributed by atoms with E-state index in [0.717, 1.165) is 4.88 Å². The molecule has 0 radical (unpaired) electrons. The number of likely N-dealkylation sites (tertiary alicyclic amines) is 1. The molecule has 2 aromatic heterocycles. The fourth-order valence-corrected chi connectivity index (χ4v) is 2.67. The van der Waals surface area contributed by atoms with Crippen LogP contribution in [0.15, 0.2) is 24.8 Å². The third kappa shape index (κ3) is 2.89. The number of hydrogen-bond donors (Lipinski definition) is 1. The lowest BCUT2D eigenvalue weighted by Gasteiger charge is -2.37. The summed E-state index contributed by atoms with van der Waals surface area (Å²) in [5, 5.41) is 3.36. The summed E-state index contributed by atoms with van der Waals surface area (Å²) in [5.41, 5.74) is 0.298. The van der Waals surface area contributed by atoms with Crippen LogP contribution in [-0.4, -0.2) is 44.8 Å². The SMILES string of the molecule is Cc1cnc(NC(=O)C2CN(C(=O)c3cnccn3)C2)s1. The zero-order valence-electron chi connectivity index (χ0n) is 11.3. The molecule has 3 heterocycles. The number of hydrogen-bond acceptors (Lipinski definition) is 6. The van der Waals surface area contributed by atoms with Crippen molar-refractivity contribution < 1.29 is 9.59 Å². The standard InChI is InChI=1S/C13H13N5O2S/c1-8-4-16-13(21-8)17-11(19)9-6-18(7-9)12(20)10-5-14-2-3-15-10/h2-5,9H,6-7H2,1H3,(H,16,17,19). The maximum absolute atomic E-state index is 12.0. The molecule has 0 spiro atoms. The number of anilines is 1. The van der Waals surface area contributed by atoms with Crippen LogP contribution in [0.3, 0.4) is 0 Å². The Balaban J connectivity index is 1.53. The average molecular weight is 303 g/mol. The molecule has 1 aliphatic heterocycles. The average Bonchev–Trinajstić information content (AvgIpc) is 2.83. The number of amides is 2. The molecule has 0 aliphatic carbocycles. The van der Waals surface area contributed by atoms with Crippen LogP contribution in [0.1, 0.15) is 15.4 Å². The van der Waals surface area contributed by atoms with Gasteiger partial charge in [-0.2, -0.15) is 0 Å². The maximum atomic E-state index is 12.0. The van der Waals surface area contributed by atoms with E-state index in [9.17, 15) is 9.59 Å². The van der Waals surface area contributed by atoms with E-state index >= 15 is 0 Å². The van der Waals surface area contributed by atoms with Crippen molar-refractivity contribution >= 4 is 28.3 Å². The molecule has 2 amide bonds. The smallest absolute Gasteiger partial charge is 0.274 e. The van der Waals surface area contributed by atoms with Gasteiger partial charge in [0.1, 0.15) is 5.69 Å². The molecule has 108 valence electrons. The zero-order chi connectivity index (χ0) is 14.8. The highest BCUT2D eigenvalue weighted by atomic mass is 32.1. The van der Waals surface area contributed by atoms with Gasteiger partial charge >= 0.3 is 0 Å². The summed E-state index contributed by atoms with van der Waals surface area (Å²) in [6.45, 7) is 2.72. The molecular formula is C13H13N5O2S. The fraction of sp³-hybridized carbons (Fsp3) is 0.308. The molecule has 0 unspecified atom stereocenters. The van der Waals surface area contributed by atoms with Gasteiger partial charge in [0.05, 0.1) is 12.1 Å². The zero-order valence-corrected chi connectivity index (χ0v) is 12.1. The van der Waals surface area contributed by atoms with E-state index < -0.39 is 0 Å². The first-order valence-corrected chi connectivity index (χ1v) is 7.23.